The highest BCUT2D eigenvalue weighted by Crippen LogP contribution is 2.74. The molecule has 0 unspecified atom stereocenters. The maximum Gasteiger partial charge on any atom is 0.356 e. The molecular formula is C15H25ClO6P2S. The lowest BCUT2D eigenvalue weighted by Crippen LogP contribution is -2.15. The average Bonchev–Trinajstić information content (AvgIpc) is 2.55. The summed E-state index contributed by atoms with van der Waals surface area (Å²) in [6, 6.07) is 6.87. The monoisotopic (exact) mass is 430 g/mol. The highest BCUT2D eigenvalue weighted by Gasteiger charge is 2.51. The summed E-state index contributed by atoms with van der Waals surface area (Å²) in [5.41, 5.74) is 0. The molecule has 10 heteroatoms. The van der Waals surface area contributed by atoms with Gasteiger partial charge in [0.25, 0.3) is 0 Å². The topological polar surface area (TPSA) is 71.1 Å². The summed E-state index contributed by atoms with van der Waals surface area (Å²) in [6.45, 7) is 7.37. The molecular weight excluding hydrogens is 406 g/mol. The summed E-state index contributed by atoms with van der Waals surface area (Å²) in [6.07, 6.45) is 0. The summed E-state index contributed by atoms with van der Waals surface area (Å²) < 4.78 is 47.3. The van der Waals surface area contributed by atoms with Crippen molar-refractivity contribution >= 4 is 38.6 Å². The Kier molecular flexibility index (Phi) is 10.3. The van der Waals surface area contributed by atoms with Crippen LogP contribution in [-0.4, -0.2) is 31.2 Å². The molecule has 0 saturated carbocycles. The van der Waals surface area contributed by atoms with Crippen molar-refractivity contribution in [1.82, 2.24) is 0 Å². The Morgan fingerprint density at radius 1 is 0.840 bits per heavy atom. The molecule has 0 aliphatic carbocycles. The lowest BCUT2D eigenvalue weighted by Gasteiger charge is -2.30. The summed E-state index contributed by atoms with van der Waals surface area (Å²) in [4.78, 5) is 0.702. The van der Waals surface area contributed by atoms with Crippen LogP contribution in [0.15, 0.2) is 29.2 Å². The Bertz CT molecular complexity index is 563. The second-order valence-electron chi connectivity index (χ2n) is 4.65. The largest absolute Gasteiger partial charge is 0.356 e. The van der Waals surface area contributed by atoms with Gasteiger partial charge in [0.2, 0.25) is 4.73 Å². The van der Waals surface area contributed by atoms with Gasteiger partial charge in [-0.3, -0.25) is 9.13 Å². The number of hydrogen-bond donors (Lipinski definition) is 0. The fourth-order valence-electron chi connectivity index (χ4n) is 1.99. The molecule has 0 radical (unpaired) electrons. The van der Waals surface area contributed by atoms with E-state index in [2.05, 4.69) is 0 Å². The maximum atomic E-state index is 13.4. The van der Waals surface area contributed by atoms with E-state index in [0.717, 1.165) is 11.8 Å². The number of rotatable bonds is 12. The van der Waals surface area contributed by atoms with E-state index in [-0.39, 0.29) is 26.4 Å². The molecule has 0 aromatic heterocycles. The molecule has 0 heterocycles. The van der Waals surface area contributed by atoms with Crippen molar-refractivity contribution in [1.29, 1.82) is 0 Å². The Balaban J connectivity index is 3.34. The molecule has 6 nitrogen and oxygen atoms in total. The van der Waals surface area contributed by atoms with Crippen LogP contribution in [0, 0.1) is 0 Å². The third kappa shape index (κ3) is 6.67. The summed E-state index contributed by atoms with van der Waals surface area (Å²) in [7, 11) is -7.54. The molecule has 0 fully saturated rings. The zero-order valence-corrected chi connectivity index (χ0v) is 18.2. The van der Waals surface area contributed by atoms with Crippen LogP contribution in [0.3, 0.4) is 0 Å². The molecule has 0 aliphatic heterocycles. The summed E-state index contributed by atoms with van der Waals surface area (Å²) in [5.74, 6) is 0. The van der Waals surface area contributed by atoms with Crippen LogP contribution in [0.2, 0.25) is 5.02 Å². The average molecular weight is 431 g/mol. The first-order valence-corrected chi connectivity index (χ1v) is 12.5. The van der Waals surface area contributed by atoms with Crippen LogP contribution >= 0.6 is 38.6 Å². The smallest absolute Gasteiger partial charge is 0.308 e. The van der Waals surface area contributed by atoms with Crippen molar-refractivity contribution in [2.45, 2.75) is 37.3 Å². The van der Waals surface area contributed by atoms with Crippen LogP contribution in [0.5, 0.6) is 0 Å². The Morgan fingerprint density at radius 3 is 1.52 bits per heavy atom. The fraction of sp³-hybridized carbons (Fsp3) is 0.600. The second kappa shape index (κ2) is 11.1. The van der Waals surface area contributed by atoms with Gasteiger partial charge in [-0.1, -0.05) is 23.4 Å². The van der Waals surface area contributed by atoms with Crippen LogP contribution in [0.1, 0.15) is 27.7 Å². The molecule has 25 heavy (non-hydrogen) atoms. The standard InChI is InChI=1S/C15H25ClO6P2S/c1-5-19-23(17,20-6-2)15(24(18,21-7-3)22-8-4)25-14-11-9-13(16)10-12-14/h9-12,15H,5-8H2,1-4H3. The number of hydrogen-bond acceptors (Lipinski definition) is 7. The maximum absolute atomic E-state index is 13.4. The molecule has 1 aromatic carbocycles. The quantitative estimate of drug-likeness (QED) is 0.287. The lowest BCUT2D eigenvalue weighted by molar-refractivity contribution is 0.203. The first kappa shape index (κ1) is 23.2. The normalized spacial score (nSPS) is 12.7. The lowest BCUT2D eigenvalue weighted by atomic mass is 10.4. The first-order chi connectivity index (χ1) is 11.8. The Labute approximate surface area is 159 Å². The highest BCUT2D eigenvalue weighted by molar-refractivity contribution is 8.12. The van der Waals surface area contributed by atoms with E-state index in [1.807, 2.05) is 0 Å². The summed E-state index contributed by atoms with van der Waals surface area (Å²) >= 11 is 7.00. The minimum atomic E-state index is -3.77. The van der Waals surface area contributed by atoms with Gasteiger partial charge >= 0.3 is 15.2 Å². The minimum Gasteiger partial charge on any atom is -0.308 e. The highest BCUT2D eigenvalue weighted by atomic mass is 35.5. The van der Waals surface area contributed by atoms with Crippen LogP contribution in [-0.2, 0) is 27.2 Å². The first-order valence-electron chi connectivity index (χ1n) is 8.05. The van der Waals surface area contributed by atoms with E-state index in [9.17, 15) is 9.13 Å². The van der Waals surface area contributed by atoms with Gasteiger partial charge in [0.15, 0.2) is 0 Å². The minimum absolute atomic E-state index is 0.146. The zero-order chi connectivity index (χ0) is 18.9. The van der Waals surface area contributed by atoms with E-state index in [0.29, 0.717) is 9.92 Å². The third-order valence-corrected chi connectivity index (χ3v) is 11.3. The van der Waals surface area contributed by atoms with Gasteiger partial charge in [0, 0.05) is 9.92 Å². The third-order valence-electron chi connectivity index (χ3n) is 2.83. The van der Waals surface area contributed by atoms with E-state index in [4.69, 9.17) is 29.7 Å². The molecule has 0 spiro atoms. The van der Waals surface area contributed by atoms with Crippen molar-refractivity contribution in [2.75, 3.05) is 26.4 Å². The van der Waals surface area contributed by atoms with Gasteiger partial charge in [-0.05, 0) is 52.0 Å². The van der Waals surface area contributed by atoms with E-state index >= 15 is 0 Å². The molecule has 0 bridgehead atoms. The molecule has 1 aromatic rings. The van der Waals surface area contributed by atoms with E-state index < -0.39 is 19.9 Å². The van der Waals surface area contributed by atoms with Crippen molar-refractivity contribution in [2.24, 2.45) is 0 Å². The second-order valence-corrected chi connectivity index (χ2v) is 11.6. The van der Waals surface area contributed by atoms with Crippen LogP contribution < -0.4 is 0 Å². The van der Waals surface area contributed by atoms with Crippen molar-refractivity contribution < 1.29 is 27.2 Å². The van der Waals surface area contributed by atoms with Gasteiger partial charge in [0.1, 0.15) is 0 Å². The van der Waals surface area contributed by atoms with Crippen molar-refractivity contribution in [3.05, 3.63) is 29.3 Å². The van der Waals surface area contributed by atoms with Gasteiger partial charge in [0.05, 0.1) is 26.4 Å². The number of halogens is 1. The molecule has 0 amide bonds. The van der Waals surface area contributed by atoms with Crippen molar-refractivity contribution in [3.8, 4) is 0 Å². The van der Waals surface area contributed by atoms with Gasteiger partial charge in [-0.25, -0.2) is 0 Å². The van der Waals surface area contributed by atoms with E-state index in [1.165, 1.54) is 0 Å². The van der Waals surface area contributed by atoms with Gasteiger partial charge in [-0.15, -0.1) is 0 Å². The van der Waals surface area contributed by atoms with Gasteiger partial charge in [-0.2, -0.15) is 0 Å². The molecule has 0 aliphatic rings. The van der Waals surface area contributed by atoms with Gasteiger partial charge < -0.3 is 18.1 Å². The SMILES string of the molecule is CCOP(=O)(OCC)C(Sc1ccc(Cl)cc1)P(=O)(OCC)OCC. The number of benzene rings is 1. The van der Waals surface area contributed by atoms with Crippen LogP contribution in [0.25, 0.3) is 0 Å². The molecule has 144 valence electrons. The molecule has 0 N–H and O–H groups in total. The van der Waals surface area contributed by atoms with Crippen LogP contribution in [0.4, 0.5) is 0 Å². The van der Waals surface area contributed by atoms with Crippen molar-refractivity contribution in [3.63, 3.8) is 0 Å². The molecule has 0 atom stereocenters. The molecule has 1 rings (SSSR count). The van der Waals surface area contributed by atoms with E-state index in [1.54, 1.807) is 52.0 Å². The summed E-state index contributed by atoms with van der Waals surface area (Å²) in [5, 5.41) is 0.566. The number of thioether (sulfide) groups is 1. The predicted molar refractivity (Wildman–Crippen MR) is 103 cm³/mol. The fourth-order valence-corrected chi connectivity index (χ4v) is 9.43. The Morgan fingerprint density at radius 2 is 1.20 bits per heavy atom. The zero-order valence-electron chi connectivity index (χ0n) is 14.8. The predicted octanol–water partition coefficient (Wildman–Crippen LogP) is 6.25. The molecule has 0 saturated heterocycles. The Hall–Kier alpha value is 0.160.